The lowest BCUT2D eigenvalue weighted by atomic mass is 10.2. The average Bonchev–Trinajstić information content (AvgIpc) is 3.10. The molecule has 5 nitrogen and oxygen atoms in total. The van der Waals surface area contributed by atoms with E-state index < -0.39 is 6.10 Å². The summed E-state index contributed by atoms with van der Waals surface area (Å²) in [7, 11) is 1.78. The normalized spacial score (nSPS) is 11.8. The number of likely N-dealkylation sites (N-methyl/N-ethyl adjacent to an activating group) is 1. The van der Waals surface area contributed by atoms with Gasteiger partial charge in [0.25, 0.3) is 5.91 Å². The first kappa shape index (κ1) is 17.7. The molecule has 26 heavy (non-hydrogen) atoms. The summed E-state index contributed by atoms with van der Waals surface area (Å²) >= 11 is 0. The quantitative estimate of drug-likeness (QED) is 0.683. The predicted octanol–water partition coefficient (Wildman–Crippen LogP) is 3.61. The molecule has 0 saturated heterocycles. The molecule has 3 aromatic rings. The van der Waals surface area contributed by atoms with Crippen molar-refractivity contribution in [1.29, 1.82) is 0 Å². The molecule has 1 aromatic heterocycles. The van der Waals surface area contributed by atoms with E-state index in [1.807, 2.05) is 67.7 Å². The van der Waals surface area contributed by atoms with Crippen molar-refractivity contribution in [2.45, 2.75) is 26.5 Å². The number of aryl methyl sites for hydroxylation is 1. The zero-order valence-corrected chi connectivity index (χ0v) is 15.3. The van der Waals surface area contributed by atoms with Crippen LogP contribution in [-0.2, 0) is 11.3 Å². The Bertz CT molecular complexity index is 874. The third-order valence-corrected chi connectivity index (χ3v) is 4.10. The maximum Gasteiger partial charge on any atom is 0.263 e. The van der Waals surface area contributed by atoms with Crippen LogP contribution in [0.2, 0.25) is 0 Å². The Balaban J connectivity index is 1.61. The number of aromatic nitrogens is 2. The van der Waals surface area contributed by atoms with E-state index in [1.165, 1.54) is 0 Å². The Kier molecular flexibility index (Phi) is 5.37. The molecule has 0 bridgehead atoms. The minimum atomic E-state index is -0.550. The van der Waals surface area contributed by atoms with Crippen LogP contribution in [-0.4, -0.2) is 33.7 Å². The molecule has 2 aromatic carbocycles. The number of carbonyl (C=O) groups excluding carboxylic acids is 1. The minimum absolute atomic E-state index is 0.0704. The SMILES string of the molecule is Cc1cccc(O[C@H](C)C(=O)N(C)Cc2cnn(-c3ccccc3)c2)c1. The molecular weight excluding hydrogens is 326 g/mol. The van der Waals surface area contributed by atoms with Crippen LogP contribution in [0, 0.1) is 6.92 Å². The monoisotopic (exact) mass is 349 g/mol. The molecule has 0 N–H and O–H groups in total. The van der Waals surface area contributed by atoms with Crippen molar-refractivity contribution in [1.82, 2.24) is 14.7 Å². The predicted molar refractivity (Wildman–Crippen MR) is 101 cm³/mol. The van der Waals surface area contributed by atoms with Crippen LogP contribution in [0.25, 0.3) is 5.69 Å². The van der Waals surface area contributed by atoms with Crippen molar-refractivity contribution in [2.75, 3.05) is 7.05 Å². The van der Waals surface area contributed by atoms with Gasteiger partial charge in [-0.05, 0) is 43.7 Å². The van der Waals surface area contributed by atoms with Crippen molar-refractivity contribution in [2.24, 2.45) is 0 Å². The van der Waals surface area contributed by atoms with Crippen molar-refractivity contribution in [3.05, 3.63) is 78.1 Å². The van der Waals surface area contributed by atoms with E-state index in [0.29, 0.717) is 12.3 Å². The van der Waals surface area contributed by atoms with Gasteiger partial charge < -0.3 is 9.64 Å². The smallest absolute Gasteiger partial charge is 0.263 e. The average molecular weight is 349 g/mol. The number of amides is 1. The lowest BCUT2D eigenvalue weighted by Crippen LogP contribution is -2.37. The Morgan fingerprint density at radius 3 is 2.69 bits per heavy atom. The second kappa shape index (κ2) is 7.87. The number of para-hydroxylation sites is 1. The first-order valence-corrected chi connectivity index (χ1v) is 8.60. The number of rotatable bonds is 6. The molecule has 1 heterocycles. The fourth-order valence-electron chi connectivity index (χ4n) is 2.77. The summed E-state index contributed by atoms with van der Waals surface area (Å²) in [6, 6.07) is 17.6. The molecule has 0 aliphatic carbocycles. The number of nitrogens with zero attached hydrogens (tertiary/aromatic N) is 3. The van der Waals surface area contributed by atoms with Crippen molar-refractivity contribution < 1.29 is 9.53 Å². The van der Waals surface area contributed by atoms with Crippen LogP contribution in [0.15, 0.2) is 67.0 Å². The topological polar surface area (TPSA) is 47.4 Å². The Morgan fingerprint density at radius 2 is 1.96 bits per heavy atom. The number of carbonyl (C=O) groups is 1. The highest BCUT2D eigenvalue weighted by Gasteiger charge is 2.20. The zero-order valence-electron chi connectivity index (χ0n) is 15.3. The molecule has 0 unspecified atom stereocenters. The van der Waals surface area contributed by atoms with Gasteiger partial charge in [0.1, 0.15) is 5.75 Å². The highest BCUT2D eigenvalue weighted by Crippen LogP contribution is 2.16. The van der Waals surface area contributed by atoms with Crippen molar-refractivity contribution >= 4 is 5.91 Å². The van der Waals surface area contributed by atoms with E-state index in [-0.39, 0.29) is 5.91 Å². The lowest BCUT2D eigenvalue weighted by molar-refractivity contribution is -0.137. The summed E-state index contributed by atoms with van der Waals surface area (Å²) in [6.07, 6.45) is 3.17. The molecule has 0 saturated carbocycles. The summed E-state index contributed by atoms with van der Waals surface area (Å²) in [4.78, 5) is 14.2. The van der Waals surface area contributed by atoms with E-state index in [1.54, 1.807) is 29.7 Å². The number of hydrogen-bond donors (Lipinski definition) is 0. The Morgan fingerprint density at radius 1 is 1.19 bits per heavy atom. The summed E-state index contributed by atoms with van der Waals surface area (Å²) < 4.78 is 7.58. The second-order valence-corrected chi connectivity index (χ2v) is 6.40. The third-order valence-electron chi connectivity index (χ3n) is 4.10. The summed E-state index contributed by atoms with van der Waals surface area (Å²) in [6.45, 7) is 4.25. The third kappa shape index (κ3) is 4.30. The van der Waals surface area contributed by atoms with Crippen LogP contribution in [0.5, 0.6) is 5.75 Å². The van der Waals surface area contributed by atoms with Gasteiger partial charge >= 0.3 is 0 Å². The maximum absolute atomic E-state index is 12.6. The van der Waals surface area contributed by atoms with E-state index in [0.717, 1.165) is 16.8 Å². The molecule has 0 fully saturated rings. The lowest BCUT2D eigenvalue weighted by Gasteiger charge is -2.21. The van der Waals surface area contributed by atoms with Gasteiger partial charge in [-0.1, -0.05) is 30.3 Å². The fourth-order valence-corrected chi connectivity index (χ4v) is 2.77. The standard InChI is InChI=1S/C21H23N3O2/c1-16-8-7-11-20(12-16)26-17(2)21(25)23(3)14-18-13-22-24(15-18)19-9-5-4-6-10-19/h4-13,15,17H,14H2,1-3H3/t17-/m1/s1. The van der Waals surface area contributed by atoms with Crippen molar-refractivity contribution in [3.8, 4) is 11.4 Å². The van der Waals surface area contributed by atoms with Gasteiger partial charge in [0.15, 0.2) is 6.10 Å². The van der Waals surface area contributed by atoms with Gasteiger partial charge in [0.2, 0.25) is 0 Å². The number of hydrogen-bond acceptors (Lipinski definition) is 3. The minimum Gasteiger partial charge on any atom is -0.481 e. The van der Waals surface area contributed by atoms with Gasteiger partial charge in [-0.3, -0.25) is 4.79 Å². The maximum atomic E-state index is 12.6. The Labute approximate surface area is 153 Å². The van der Waals surface area contributed by atoms with Crippen LogP contribution < -0.4 is 4.74 Å². The van der Waals surface area contributed by atoms with Gasteiger partial charge in [-0.15, -0.1) is 0 Å². The van der Waals surface area contributed by atoms with Gasteiger partial charge in [-0.2, -0.15) is 5.10 Å². The van der Waals surface area contributed by atoms with Crippen LogP contribution in [0.1, 0.15) is 18.1 Å². The van der Waals surface area contributed by atoms with Crippen LogP contribution >= 0.6 is 0 Å². The Hall–Kier alpha value is -3.08. The molecular formula is C21H23N3O2. The molecule has 134 valence electrons. The largest absolute Gasteiger partial charge is 0.481 e. The number of benzene rings is 2. The van der Waals surface area contributed by atoms with E-state index in [4.69, 9.17) is 4.74 Å². The molecule has 1 atom stereocenters. The molecule has 1 amide bonds. The van der Waals surface area contributed by atoms with Crippen LogP contribution in [0.3, 0.4) is 0 Å². The number of ether oxygens (including phenoxy) is 1. The van der Waals surface area contributed by atoms with Gasteiger partial charge in [0.05, 0.1) is 11.9 Å². The molecule has 3 rings (SSSR count). The van der Waals surface area contributed by atoms with E-state index in [9.17, 15) is 4.79 Å². The first-order chi connectivity index (χ1) is 12.5. The second-order valence-electron chi connectivity index (χ2n) is 6.40. The molecule has 0 aliphatic heterocycles. The first-order valence-electron chi connectivity index (χ1n) is 8.60. The fraction of sp³-hybridized carbons (Fsp3) is 0.238. The van der Waals surface area contributed by atoms with Crippen molar-refractivity contribution in [3.63, 3.8) is 0 Å². The molecule has 0 radical (unpaired) electrons. The highest BCUT2D eigenvalue weighted by atomic mass is 16.5. The zero-order chi connectivity index (χ0) is 18.5. The summed E-state index contributed by atoms with van der Waals surface area (Å²) in [5.41, 5.74) is 3.06. The molecule has 0 aliphatic rings. The summed E-state index contributed by atoms with van der Waals surface area (Å²) in [5.74, 6) is 0.634. The van der Waals surface area contributed by atoms with Gasteiger partial charge in [0, 0.05) is 25.4 Å². The molecule has 5 heteroatoms. The van der Waals surface area contributed by atoms with E-state index >= 15 is 0 Å². The van der Waals surface area contributed by atoms with E-state index in [2.05, 4.69) is 5.10 Å². The van der Waals surface area contributed by atoms with Crippen LogP contribution in [0.4, 0.5) is 0 Å². The highest BCUT2D eigenvalue weighted by molar-refractivity contribution is 5.80. The molecule has 0 spiro atoms. The van der Waals surface area contributed by atoms with Gasteiger partial charge in [-0.25, -0.2) is 4.68 Å². The summed E-state index contributed by atoms with van der Waals surface area (Å²) in [5, 5.41) is 4.37.